The molecule has 3 heterocycles. The highest BCUT2D eigenvalue weighted by Gasteiger charge is 2.20. The van der Waals surface area contributed by atoms with Gasteiger partial charge in [0.15, 0.2) is 11.2 Å². The van der Waals surface area contributed by atoms with Crippen LogP contribution in [0.15, 0.2) is 57.8 Å². The first-order valence-electron chi connectivity index (χ1n) is 6.55. The Balaban J connectivity index is 2.64. The van der Waals surface area contributed by atoms with E-state index < -0.39 is 23.3 Å². The molecule has 0 atom stereocenters. The van der Waals surface area contributed by atoms with Gasteiger partial charge in [0.25, 0.3) is 0 Å². The Labute approximate surface area is 148 Å². The molecule has 26 heavy (non-hydrogen) atoms. The molecule has 0 saturated carbocycles. The lowest BCUT2D eigenvalue weighted by molar-refractivity contribution is 0.268. The van der Waals surface area contributed by atoms with Crippen LogP contribution in [0, 0.1) is 0 Å². The standard InChI is InChI=1S/C14H2Cl2O10/c15-3-1-5-7-8(9(3)23-13(19)25-11(17)21-5)6-2-4(16)10(7)24-14(20)26-12(18)22-6/h1-2H. The van der Waals surface area contributed by atoms with Gasteiger partial charge in [-0.3, -0.25) is 0 Å². The molecule has 5 rings (SSSR count). The lowest BCUT2D eigenvalue weighted by Crippen LogP contribution is -2.03. The van der Waals surface area contributed by atoms with Crippen LogP contribution in [0.5, 0.6) is 0 Å². The fraction of sp³-hybridized carbons (Fsp3) is 0. The average Bonchev–Trinajstić information content (AvgIpc) is 2.66. The summed E-state index contributed by atoms with van der Waals surface area (Å²) < 4.78 is 28.1. The third-order valence-electron chi connectivity index (χ3n) is 3.24. The molecule has 0 spiro atoms. The van der Waals surface area contributed by atoms with Crippen molar-refractivity contribution in [1.82, 2.24) is 0 Å². The maximum Gasteiger partial charge on any atom is 0.524 e. The maximum atomic E-state index is 11.7. The first-order chi connectivity index (χ1) is 12.3. The minimum absolute atomic E-state index is 0.148. The molecule has 12 heteroatoms. The molecule has 3 aromatic heterocycles. The van der Waals surface area contributed by atoms with E-state index in [1.807, 2.05) is 0 Å². The van der Waals surface area contributed by atoms with E-state index >= 15 is 0 Å². The molecule has 2 aromatic carbocycles. The summed E-state index contributed by atoms with van der Waals surface area (Å²) in [7, 11) is 0. The quantitative estimate of drug-likeness (QED) is 0.431. The lowest BCUT2D eigenvalue weighted by atomic mass is 10.1. The van der Waals surface area contributed by atoms with Gasteiger partial charge in [-0.1, -0.05) is 23.2 Å². The van der Waals surface area contributed by atoms with Crippen molar-refractivity contribution in [2.75, 3.05) is 0 Å². The monoisotopic (exact) mass is 400 g/mol. The lowest BCUT2D eigenvalue weighted by Gasteiger charge is -2.04. The van der Waals surface area contributed by atoms with Gasteiger partial charge in [0, 0.05) is 12.1 Å². The van der Waals surface area contributed by atoms with Crippen molar-refractivity contribution in [2.45, 2.75) is 0 Å². The van der Waals surface area contributed by atoms with E-state index in [-0.39, 0.29) is 43.1 Å². The Hall–Kier alpha value is -3.24. The van der Waals surface area contributed by atoms with Crippen molar-refractivity contribution in [2.24, 2.45) is 0 Å². The van der Waals surface area contributed by atoms with E-state index in [4.69, 9.17) is 40.9 Å². The molecular formula is C14H2Cl2O10. The van der Waals surface area contributed by atoms with Gasteiger partial charge in [-0.25, -0.2) is 19.2 Å². The summed E-state index contributed by atoms with van der Waals surface area (Å²) in [5.41, 5.74) is -1.32. The smallest absolute Gasteiger partial charge is 0.394 e. The largest absolute Gasteiger partial charge is 0.524 e. The minimum atomic E-state index is -1.46. The highest BCUT2D eigenvalue weighted by atomic mass is 35.5. The first kappa shape index (κ1) is 16.2. The van der Waals surface area contributed by atoms with Gasteiger partial charge in [0.1, 0.15) is 11.2 Å². The van der Waals surface area contributed by atoms with Crippen LogP contribution in [0.3, 0.4) is 0 Å². The molecule has 5 aromatic rings. The molecule has 132 valence electrons. The summed E-state index contributed by atoms with van der Waals surface area (Å²) >= 11 is 12.1. The van der Waals surface area contributed by atoms with Crippen molar-refractivity contribution < 1.29 is 26.5 Å². The number of rotatable bonds is 0. The Morgan fingerprint density at radius 3 is 1.27 bits per heavy atom. The Kier molecular flexibility index (Phi) is 3.53. The zero-order valence-corrected chi connectivity index (χ0v) is 13.5. The highest BCUT2D eigenvalue weighted by Crippen LogP contribution is 2.38. The molecule has 0 aliphatic carbocycles. The summed E-state index contributed by atoms with van der Waals surface area (Å²) in [6, 6.07) is 2.19. The molecule has 0 amide bonds. The zero-order valence-electron chi connectivity index (χ0n) is 12.0. The van der Waals surface area contributed by atoms with Gasteiger partial charge < -0.3 is 26.5 Å². The topological polar surface area (TPSA) is 147 Å². The molecule has 0 N–H and O–H groups in total. The van der Waals surface area contributed by atoms with Gasteiger partial charge in [0.2, 0.25) is 0 Å². The van der Waals surface area contributed by atoms with Crippen LogP contribution >= 0.6 is 23.2 Å². The van der Waals surface area contributed by atoms with E-state index in [0.29, 0.717) is 0 Å². The highest BCUT2D eigenvalue weighted by molar-refractivity contribution is 6.41. The fourth-order valence-electron chi connectivity index (χ4n) is 2.37. The van der Waals surface area contributed by atoms with Crippen molar-refractivity contribution in [1.29, 1.82) is 0 Å². The van der Waals surface area contributed by atoms with Crippen molar-refractivity contribution >= 4 is 56.3 Å². The average molecular weight is 401 g/mol. The second kappa shape index (κ2) is 5.64. The molecular weight excluding hydrogens is 399 g/mol. The summed E-state index contributed by atoms with van der Waals surface area (Å²) in [5, 5.41) is -0.692. The van der Waals surface area contributed by atoms with E-state index in [9.17, 15) is 19.2 Å². The van der Waals surface area contributed by atoms with Crippen molar-refractivity contribution in [3.63, 3.8) is 0 Å². The van der Waals surface area contributed by atoms with Crippen LogP contribution in [0.4, 0.5) is 0 Å². The molecule has 0 fully saturated rings. The predicted octanol–water partition coefficient (Wildman–Crippen LogP) is 2.58. The number of fused-ring (bicyclic) bond motifs is 5. The number of benzene rings is 2. The fourth-order valence-corrected chi connectivity index (χ4v) is 2.83. The Morgan fingerprint density at radius 1 is 0.538 bits per heavy atom. The molecule has 0 aliphatic rings. The zero-order chi connectivity index (χ0) is 18.6. The van der Waals surface area contributed by atoms with Crippen LogP contribution < -0.4 is 23.3 Å². The molecule has 0 radical (unpaired) electrons. The second-order valence-corrected chi connectivity index (χ2v) is 5.55. The van der Waals surface area contributed by atoms with Gasteiger partial charge in [-0.15, -0.1) is 0 Å². The second-order valence-electron chi connectivity index (χ2n) is 4.73. The normalized spacial score (nSPS) is 11.3. The van der Waals surface area contributed by atoms with Gasteiger partial charge >= 0.3 is 23.3 Å². The molecule has 10 nitrogen and oxygen atoms in total. The Bertz CT molecular complexity index is 1370. The van der Waals surface area contributed by atoms with Crippen LogP contribution in [-0.2, 0) is 0 Å². The summed E-state index contributed by atoms with van der Waals surface area (Å²) in [5.74, 6) is -5.80. The van der Waals surface area contributed by atoms with E-state index in [1.54, 1.807) is 0 Å². The van der Waals surface area contributed by atoms with Crippen LogP contribution in [-0.4, -0.2) is 0 Å². The SMILES string of the molecule is O=c1oc(=O)oc2c(Cl)cc(o1)c1c3oc(=O)oc(=O)oc(cc3Cl)c21. The number of hydrogen-bond acceptors (Lipinski definition) is 10. The van der Waals surface area contributed by atoms with Crippen LogP contribution in [0.1, 0.15) is 0 Å². The summed E-state index contributed by atoms with van der Waals surface area (Å²) in [6.07, 6.45) is 0. The predicted molar refractivity (Wildman–Crippen MR) is 85.3 cm³/mol. The third-order valence-corrected chi connectivity index (χ3v) is 3.80. The number of hydrogen-bond donors (Lipinski definition) is 0. The van der Waals surface area contributed by atoms with E-state index in [2.05, 4.69) is 8.83 Å². The summed E-state index contributed by atoms with van der Waals surface area (Å²) in [4.78, 5) is 46.6. The Morgan fingerprint density at radius 2 is 0.885 bits per heavy atom. The molecule has 4 bridgehead atoms. The van der Waals surface area contributed by atoms with E-state index in [0.717, 1.165) is 12.1 Å². The van der Waals surface area contributed by atoms with Gasteiger partial charge in [-0.05, 0) is 0 Å². The van der Waals surface area contributed by atoms with Crippen molar-refractivity contribution in [3.8, 4) is 0 Å². The van der Waals surface area contributed by atoms with Gasteiger partial charge in [0.05, 0.1) is 20.8 Å². The third kappa shape index (κ3) is 2.52. The minimum Gasteiger partial charge on any atom is -0.394 e. The number of halogens is 2. The molecule has 0 unspecified atom stereocenters. The van der Waals surface area contributed by atoms with Crippen molar-refractivity contribution in [3.05, 3.63) is 64.6 Å². The molecule has 0 saturated heterocycles. The first-order valence-corrected chi connectivity index (χ1v) is 7.30. The van der Waals surface area contributed by atoms with Crippen LogP contribution in [0.25, 0.3) is 33.1 Å². The van der Waals surface area contributed by atoms with Gasteiger partial charge in [-0.2, -0.15) is 0 Å². The molecule has 0 aliphatic heterocycles. The maximum absolute atomic E-state index is 11.7. The summed E-state index contributed by atoms with van der Waals surface area (Å²) in [6.45, 7) is 0. The van der Waals surface area contributed by atoms with Crippen LogP contribution in [0.2, 0.25) is 10.0 Å². The van der Waals surface area contributed by atoms with E-state index in [1.165, 1.54) is 0 Å².